The monoisotopic (exact) mass is 466 g/mol. The van der Waals surface area contributed by atoms with Gasteiger partial charge in [0.2, 0.25) is 5.88 Å². The van der Waals surface area contributed by atoms with Gasteiger partial charge in [-0.15, -0.1) is 0 Å². The predicted molar refractivity (Wildman–Crippen MR) is 120 cm³/mol. The average molecular weight is 468 g/mol. The van der Waals surface area contributed by atoms with Crippen LogP contribution in [0.2, 0.25) is 15.1 Å². The van der Waals surface area contributed by atoms with Crippen LogP contribution in [0.1, 0.15) is 11.1 Å². The molecule has 0 amide bonds. The summed E-state index contributed by atoms with van der Waals surface area (Å²) in [4.78, 5) is 4.11. The summed E-state index contributed by atoms with van der Waals surface area (Å²) in [7, 11) is 1.58. The van der Waals surface area contributed by atoms with Crippen molar-refractivity contribution < 1.29 is 14.2 Å². The van der Waals surface area contributed by atoms with Crippen molar-refractivity contribution in [3.05, 3.63) is 80.9 Å². The minimum Gasteiger partial charge on any atom is -0.493 e. The zero-order chi connectivity index (χ0) is 21.3. The van der Waals surface area contributed by atoms with E-state index in [9.17, 15) is 0 Å². The molecule has 0 saturated carbocycles. The van der Waals surface area contributed by atoms with E-state index >= 15 is 0 Å². The number of halogens is 3. The van der Waals surface area contributed by atoms with Crippen molar-refractivity contribution >= 4 is 34.8 Å². The quantitative estimate of drug-likeness (QED) is 0.382. The molecule has 1 heterocycles. The zero-order valence-electron chi connectivity index (χ0n) is 16.3. The van der Waals surface area contributed by atoms with Crippen LogP contribution < -0.4 is 19.5 Å². The van der Waals surface area contributed by atoms with Crippen molar-refractivity contribution in [2.45, 2.75) is 13.2 Å². The summed E-state index contributed by atoms with van der Waals surface area (Å²) >= 11 is 18.6. The average Bonchev–Trinajstić information content (AvgIpc) is 2.74. The third kappa shape index (κ3) is 6.41. The molecule has 1 N–H and O–H groups in total. The second kappa shape index (κ2) is 11.3. The van der Waals surface area contributed by atoms with Gasteiger partial charge in [-0.2, -0.15) is 0 Å². The van der Waals surface area contributed by atoms with Gasteiger partial charge in [0.15, 0.2) is 11.5 Å². The largest absolute Gasteiger partial charge is 0.493 e. The molecule has 0 aliphatic rings. The molecule has 3 aromatic rings. The second-order valence-corrected chi connectivity index (χ2v) is 7.58. The molecule has 0 aliphatic carbocycles. The summed E-state index contributed by atoms with van der Waals surface area (Å²) in [5.41, 5.74) is 1.77. The van der Waals surface area contributed by atoms with E-state index < -0.39 is 0 Å². The number of ether oxygens (including phenoxy) is 3. The third-order valence-electron chi connectivity index (χ3n) is 4.17. The minimum absolute atomic E-state index is 0.245. The molecule has 0 fully saturated rings. The van der Waals surface area contributed by atoms with Crippen LogP contribution in [-0.4, -0.2) is 25.2 Å². The molecule has 0 saturated heterocycles. The number of methoxy groups -OCH3 is 1. The van der Waals surface area contributed by atoms with Crippen LogP contribution in [0.3, 0.4) is 0 Å². The van der Waals surface area contributed by atoms with Crippen LogP contribution in [0, 0.1) is 0 Å². The Labute approximate surface area is 190 Å². The van der Waals surface area contributed by atoms with Crippen LogP contribution in [0.4, 0.5) is 0 Å². The predicted octanol–water partition coefficient (Wildman–Crippen LogP) is 5.80. The topological polar surface area (TPSA) is 52.6 Å². The molecular weight excluding hydrogens is 447 g/mol. The van der Waals surface area contributed by atoms with Crippen molar-refractivity contribution in [1.29, 1.82) is 0 Å². The number of hydrogen-bond acceptors (Lipinski definition) is 5. The Bertz CT molecular complexity index is 971. The van der Waals surface area contributed by atoms with Crippen molar-refractivity contribution in [2.24, 2.45) is 0 Å². The lowest BCUT2D eigenvalue weighted by molar-refractivity contribution is 0.284. The van der Waals surface area contributed by atoms with Crippen LogP contribution in [0.25, 0.3) is 0 Å². The normalized spacial score (nSPS) is 10.7. The molecule has 30 heavy (non-hydrogen) atoms. The first-order chi connectivity index (χ1) is 14.6. The van der Waals surface area contributed by atoms with Gasteiger partial charge in [-0.1, -0.05) is 46.9 Å². The fourth-order valence-electron chi connectivity index (χ4n) is 2.70. The first kappa shape index (κ1) is 22.5. The van der Waals surface area contributed by atoms with Gasteiger partial charge in [-0.25, -0.2) is 4.98 Å². The van der Waals surface area contributed by atoms with E-state index in [1.165, 1.54) is 0 Å². The Hall–Kier alpha value is -2.18. The highest BCUT2D eigenvalue weighted by Gasteiger charge is 2.13. The number of nitrogens with one attached hydrogen (secondary N) is 1. The van der Waals surface area contributed by atoms with Gasteiger partial charge in [0.1, 0.15) is 13.2 Å². The van der Waals surface area contributed by atoms with Gasteiger partial charge in [0.25, 0.3) is 0 Å². The van der Waals surface area contributed by atoms with Gasteiger partial charge in [-0.05, 0) is 35.9 Å². The van der Waals surface area contributed by atoms with E-state index in [1.54, 1.807) is 25.4 Å². The lowest BCUT2D eigenvalue weighted by Crippen LogP contribution is -2.20. The third-order valence-corrected chi connectivity index (χ3v) is 5.04. The number of benzene rings is 2. The highest BCUT2D eigenvalue weighted by Crippen LogP contribution is 2.37. The van der Waals surface area contributed by atoms with Crippen molar-refractivity contribution in [2.75, 3.05) is 20.3 Å². The fourth-order valence-corrected chi connectivity index (χ4v) is 3.45. The van der Waals surface area contributed by atoms with E-state index in [2.05, 4.69) is 10.3 Å². The molecule has 158 valence electrons. The number of rotatable bonds is 10. The number of nitrogens with zero attached hydrogens (tertiary/aromatic N) is 1. The van der Waals surface area contributed by atoms with Gasteiger partial charge >= 0.3 is 0 Å². The standard InChI is InChI=1S/C22H21Cl3N2O3/c1-28-20-11-15(13-26-8-9-29-21-4-2-3-7-27-21)10-19(25)22(20)30-14-16-5-6-17(23)12-18(16)24/h2-7,10-12,26H,8-9,13-14H2,1H3. The van der Waals surface area contributed by atoms with E-state index in [1.807, 2.05) is 36.4 Å². The molecule has 0 bridgehead atoms. The van der Waals surface area contributed by atoms with E-state index in [4.69, 9.17) is 49.0 Å². The Morgan fingerprint density at radius 2 is 1.83 bits per heavy atom. The Morgan fingerprint density at radius 1 is 0.967 bits per heavy atom. The van der Waals surface area contributed by atoms with Gasteiger partial charge in [0.05, 0.1) is 12.1 Å². The Balaban J connectivity index is 1.55. The van der Waals surface area contributed by atoms with Crippen LogP contribution in [0.15, 0.2) is 54.7 Å². The molecule has 8 heteroatoms. The molecule has 0 spiro atoms. The minimum atomic E-state index is 0.245. The molecular formula is C22H21Cl3N2O3. The maximum Gasteiger partial charge on any atom is 0.213 e. The highest BCUT2D eigenvalue weighted by molar-refractivity contribution is 6.35. The molecule has 0 aliphatic heterocycles. The highest BCUT2D eigenvalue weighted by atomic mass is 35.5. The first-order valence-corrected chi connectivity index (χ1v) is 10.4. The summed E-state index contributed by atoms with van der Waals surface area (Å²) in [6.07, 6.45) is 1.70. The molecule has 0 atom stereocenters. The van der Waals surface area contributed by atoms with Crippen molar-refractivity contribution in [1.82, 2.24) is 10.3 Å². The molecule has 1 aromatic heterocycles. The summed E-state index contributed by atoms with van der Waals surface area (Å²) in [6.45, 7) is 2.01. The van der Waals surface area contributed by atoms with Crippen LogP contribution >= 0.6 is 34.8 Å². The SMILES string of the molecule is COc1cc(CNCCOc2ccccn2)cc(Cl)c1OCc1ccc(Cl)cc1Cl. The van der Waals surface area contributed by atoms with E-state index in [0.29, 0.717) is 52.1 Å². The van der Waals surface area contributed by atoms with Gasteiger partial charge in [-0.3, -0.25) is 0 Å². The maximum atomic E-state index is 6.44. The van der Waals surface area contributed by atoms with Crippen LogP contribution in [0.5, 0.6) is 17.4 Å². The molecule has 3 rings (SSSR count). The molecule has 2 aromatic carbocycles. The molecule has 0 unspecified atom stereocenters. The summed E-state index contributed by atoms with van der Waals surface area (Å²) < 4.78 is 16.9. The number of aromatic nitrogens is 1. The maximum absolute atomic E-state index is 6.44. The Kier molecular flexibility index (Phi) is 8.46. The van der Waals surface area contributed by atoms with Crippen LogP contribution in [-0.2, 0) is 13.2 Å². The summed E-state index contributed by atoms with van der Waals surface area (Å²) in [6, 6.07) is 14.5. The first-order valence-electron chi connectivity index (χ1n) is 9.24. The molecule has 5 nitrogen and oxygen atoms in total. The molecule has 0 radical (unpaired) electrons. The van der Waals surface area contributed by atoms with Gasteiger partial charge < -0.3 is 19.5 Å². The second-order valence-electron chi connectivity index (χ2n) is 6.33. The van der Waals surface area contributed by atoms with Gasteiger partial charge in [0, 0.05) is 41.0 Å². The van der Waals surface area contributed by atoms with Crippen molar-refractivity contribution in [3.63, 3.8) is 0 Å². The lowest BCUT2D eigenvalue weighted by Gasteiger charge is -2.15. The number of pyridine rings is 1. The van der Waals surface area contributed by atoms with E-state index in [-0.39, 0.29) is 6.61 Å². The lowest BCUT2D eigenvalue weighted by atomic mass is 10.2. The van der Waals surface area contributed by atoms with E-state index in [0.717, 1.165) is 11.1 Å². The smallest absolute Gasteiger partial charge is 0.213 e. The fraction of sp³-hybridized carbons (Fsp3) is 0.227. The summed E-state index contributed by atoms with van der Waals surface area (Å²) in [5, 5.41) is 4.87. The van der Waals surface area contributed by atoms with Crippen molar-refractivity contribution in [3.8, 4) is 17.4 Å². The summed E-state index contributed by atoms with van der Waals surface area (Å²) in [5.74, 6) is 1.62. The number of hydrogen-bond donors (Lipinski definition) is 1. The zero-order valence-corrected chi connectivity index (χ0v) is 18.6. The Morgan fingerprint density at radius 3 is 2.57 bits per heavy atom.